The lowest BCUT2D eigenvalue weighted by Gasteiger charge is -2.18. The van der Waals surface area contributed by atoms with Gasteiger partial charge in [0.15, 0.2) is 0 Å². The third-order valence-corrected chi connectivity index (χ3v) is 3.48. The Morgan fingerprint density at radius 3 is 2.78 bits per heavy atom. The molecular formula is C12H22BrN3O2. The maximum atomic E-state index is 10.3. The summed E-state index contributed by atoms with van der Waals surface area (Å²) in [5, 5.41) is 14.5. The summed E-state index contributed by atoms with van der Waals surface area (Å²) in [5.41, 5.74) is 0.820. The van der Waals surface area contributed by atoms with Crippen molar-refractivity contribution in [2.24, 2.45) is 0 Å². The van der Waals surface area contributed by atoms with Gasteiger partial charge >= 0.3 is 0 Å². The number of aromatic nitrogens is 2. The number of halogens is 1. The molecule has 6 heteroatoms. The Morgan fingerprint density at radius 1 is 1.56 bits per heavy atom. The molecule has 1 heterocycles. The van der Waals surface area contributed by atoms with Gasteiger partial charge < -0.3 is 14.7 Å². The second-order valence-corrected chi connectivity index (χ2v) is 5.56. The van der Waals surface area contributed by atoms with Crippen molar-refractivity contribution in [2.45, 2.75) is 32.1 Å². The highest BCUT2D eigenvalue weighted by atomic mass is 79.9. The van der Waals surface area contributed by atoms with Gasteiger partial charge in [-0.1, -0.05) is 0 Å². The highest BCUT2D eigenvalue weighted by Crippen LogP contribution is 2.26. The number of hydrogen-bond acceptors (Lipinski definition) is 4. The first-order chi connectivity index (χ1) is 8.45. The summed E-state index contributed by atoms with van der Waals surface area (Å²) in [5.74, 6) is 0. The predicted molar refractivity (Wildman–Crippen MR) is 74.5 cm³/mol. The van der Waals surface area contributed by atoms with Crippen LogP contribution in [0.3, 0.4) is 0 Å². The molecule has 0 bridgehead atoms. The van der Waals surface area contributed by atoms with E-state index in [4.69, 9.17) is 4.74 Å². The maximum absolute atomic E-state index is 10.3. The number of likely N-dealkylation sites (N-methyl/N-ethyl adjacent to an activating group) is 1. The first-order valence-electron chi connectivity index (χ1n) is 6.02. The van der Waals surface area contributed by atoms with E-state index in [1.54, 1.807) is 13.3 Å². The zero-order valence-electron chi connectivity index (χ0n) is 11.4. The van der Waals surface area contributed by atoms with Gasteiger partial charge in [-0.05, 0) is 36.9 Å². The van der Waals surface area contributed by atoms with Gasteiger partial charge in [0.1, 0.15) is 0 Å². The van der Waals surface area contributed by atoms with E-state index in [9.17, 15) is 5.11 Å². The van der Waals surface area contributed by atoms with E-state index in [1.165, 1.54) is 0 Å². The molecule has 0 aromatic carbocycles. The van der Waals surface area contributed by atoms with E-state index in [0.717, 1.165) is 23.3 Å². The molecule has 2 atom stereocenters. The lowest BCUT2D eigenvalue weighted by molar-refractivity contribution is 0.0518. The summed E-state index contributed by atoms with van der Waals surface area (Å²) >= 11 is 3.44. The zero-order chi connectivity index (χ0) is 13.7. The first kappa shape index (κ1) is 15.6. The Kier molecular flexibility index (Phi) is 6.28. The van der Waals surface area contributed by atoms with Crippen LogP contribution in [0, 0.1) is 0 Å². The van der Waals surface area contributed by atoms with E-state index < -0.39 is 6.10 Å². The number of aliphatic hydroxyl groups excluding tert-OH is 1. The maximum Gasteiger partial charge on any atom is 0.0992 e. The average Bonchev–Trinajstić information content (AvgIpc) is 2.67. The smallest absolute Gasteiger partial charge is 0.0992 e. The predicted octanol–water partition coefficient (Wildman–Crippen LogP) is 1.67. The molecule has 18 heavy (non-hydrogen) atoms. The summed E-state index contributed by atoms with van der Waals surface area (Å²) in [7, 11) is 5.68. The standard InChI is InChI=1S/C12H22BrN3O2/c1-9(18-4)7-11(17)12-10(13)8-14-16(12)6-5-15(2)3/h8-9,11,17H,5-7H2,1-4H3. The van der Waals surface area contributed by atoms with E-state index in [1.807, 2.05) is 25.7 Å². The van der Waals surface area contributed by atoms with E-state index in [-0.39, 0.29) is 6.10 Å². The molecule has 0 saturated carbocycles. The molecule has 1 N–H and O–H groups in total. The van der Waals surface area contributed by atoms with Crippen LogP contribution in [-0.4, -0.2) is 53.6 Å². The second-order valence-electron chi connectivity index (χ2n) is 4.70. The van der Waals surface area contributed by atoms with Crippen molar-refractivity contribution in [2.75, 3.05) is 27.7 Å². The fourth-order valence-electron chi connectivity index (χ4n) is 1.70. The van der Waals surface area contributed by atoms with Gasteiger partial charge in [0.25, 0.3) is 0 Å². The molecule has 0 aliphatic carbocycles. The Hall–Kier alpha value is -0.430. The number of methoxy groups -OCH3 is 1. The van der Waals surface area contributed by atoms with Gasteiger partial charge in [-0.2, -0.15) is 5.10 Å². The summed E-state index contributed by atoms with van der Waals surface area (Å²) in [6.45, 7) is 3.58. The Labute approximate surface area is 117 Å². The molecule has 0 aliphatic heterocycles. The Balaban J connectivity index is 2.76. The lowest BCUT2D eigenvalue weighted by atomic mass is 10.1. The molecule has 0 fully saturated rings. The normalized spacial score (nSPS) is 15.1. The summed E-state index contributed by atoms with van der Waals surface area (Å²) < 4.78 is 7.87. The first-order valence-corrected chi connectivity index (χ1v) is 6.81. The molecule has 1 rings (SSSR count). The topological polar surface area (TPSA) is 50.5 Å². The van der Waals surface area contributed by atoms with E-state index in [0.29, 0.717) is 6.42 Å². The van der Waals surface area contributed by atoms with Crippen LogP contribution in [0.25, 0.3) is 0 Å². The van der Waals surface area contributed by atoms with Gasteiger partial charge in [0, 0.05) is 20.1 Å². The largest absolute Gasteiger partial charge is 0.387 e. The molecule has 1 aromatic rings. The SMILES string of the molecule is COC(C)CC(O)c1c(Br)cnn1CCN(C)C. The molecule has 0 aliphatic rings. The van der Waals surface area contributed by atoms with E-state index in [2.05, 4.69) is 25.9 Å². The molecule has 0 spiro atoms. The second kappa shape index (κ2) is 7.23. The molecule has 104 valence electrons. The fourth-order valence-corrected chi connectivity index (χ4v) is 2.26. The quantitative estimate of drug-likeness (QED) is 0.830. The highest BCUT2D eigenvalue weighted by molar-refractivity contribution is 9.10. The van der Waals surface area contributed by atoms with Gasteiger partial charge in [0.2, 0.25) is 0 Å². The van der Waals surface area contributed by atoms with Crippen molar-refractivity contribution in [3.8, 4) is 0 Å². The summed E-state index contributed by atoms with van der Waals surface area (Å²) in [6, 6.07) is 0. The van der Waals surface area contributed by atoms with Crippen molar-refractivity contribution in [1.82, 2.24) is 14.7 Å². The van der Waals surface area contributed by atoms with Crippen LogP contribution >= 0.6 is 15.9 Å². The van der Waals surface area contributed by atoms with Crippen molar-refractivity contribution in [3.63, 3.8) is 0 Å². The van der Waals surface area contributed by atoms with Gasteiger partial charge in [-0.25, -0.2) is 0 Å². The molecular weight excluding hydrogens is 298 g/mol. The fraction of sp³-hybridized carbons (Fsp3) is 0.750. The number of hydrogen-bond donors (Lipinski definition) is 1. The lowest BCUT2D eigenvalue weighted by Crippen LogP contribution is -2.22. The minimum Gasteiger partial charge on any atom is -0.387 e. The molecule has 0 saturated heterocycles. The zero-order valence-corrected chi connectivity index (χ0v) is 13.0. The Bertz CT molecular complexity index is 368. The monoisotopic (exact) mass is 319 g/mol. The number of rotatable bonds is 7. The van der Waals surface area contributed by atoms with Gasteiger partial charge in [-0.3, -0.25) is 4.68 Å². The van der Waals surface area contributed by atoms with Crippen LogP contribution in [0.2, 0.25) is 0 Å². The number of ether oxygens (including phenoxy) is 1. The van der Waals surface area contributed by atoms with Crippen molar-refractivity contribution >= 4 is 15.9 Å². The average molecular weight is 320 g/mol. The summed E-state index contributed by atoms with van der Waals surface area (Å²) in [6.07, 6.45) is 1.73. The molecule has 0 amide bonds. The third kappa shape index (κ3) is 4.35. The third-order valence-electron chi connectivity index (χ3n) is 2.87. The molecule has 0 radical (unpaired) electrons. The minimum absolute atomic E-state index is 0.0177. The molecule has 2 unspecified atom stereocenters. The van der Waals surface area contributed by atoms with Crippen molar-refractivity contribution in [3.05, 3.63) is 16.4 Å². The van der Waals surface area contributed by atoms with Gasteiger partial charge in [-0.15, -0.1) is 0 Å². The molecule has 1 aromatic heterocycles. The summed E-state index contributed by atoms with van der Waals surface area (Å²) in [4.78, 5) is 2.09. The van der Waals surface area contributed by atoms with Crippen LogP contribution in [0.4, 0.5) is 0 Å². The van der Waals surface area contributed by atoms with Crippen LogP contribution < -0.4 is 0 Å². The Morgan fingerprint density at radius 2 is 2.22 bits per heavy atom. The van der Waals surface area contributed by atoms with Crippen LogP contribution in [0.5, 0.6) is 0 Å². The van der Waals surface area contributed by atoms with Crippen LogP contribution in [0.15, 0.2) is 10.7 Å². The van der Waals surface area contributed by atoms with Crippen molar-refractivity contribution < 1.29 is 9.84 Å². The number of nitrogens with zero attached hydrogens (tertiary/aromatic N) is 3. The highest BCUT2D eigenvalue weighted by Gasteiger charge is 2.20. The van der Waals surface area contributed by atoms with Crippen molar-refractivity contribution in [1.29, 1.82) is 0 Å². The van der Waals surface area contributed by atoms with Crippen LogP contribution in [-0.2, 0) is 11.3 Å². The van der Waals surface area contributed by atoms with E-state index >= 15 is 0 Å². The van der Waals surface area contributed by atoms with Gasteiger partial charge in [0.05, 0.1) is 35.1 Å². The molecule has 5 nitrogen and oxygen atoms in total. The number of aliphatic hydroxyl groups is 1. The van der Waals surface area contributed by atoms with Crippen LogP contribution in [0.1, 0.15) is 25.1 Å². The minimum atomic E-state index is -0.570.